The number of benzene rings is 1. The summed E-state index contributed by atoms with van der Waals surface area (Å²) in [6.07, 6.45) is 0. The number of hydrogen-bond donors (Lipinski definition) is 0. The molecule has 0 N–H and O–H groups in total. The van der Waals surface area contributed by atoms with Crippen molar-refractivity contribution in [3.8, 4) is 0 Å². The summed E-state index contributed by atoms with van der Waals surface area (Å²) < 4.78 is 0. The molecule has 0 unspecified atom stereocenters. The highest BCUT2D eigenvalue weighted by Gasteiger charge is 1.99. The van der Waals surface area contributed by atoms with Crippen molar-refractivity contribution in [2.75, 3.05) is 19.2 Å². The minimum absolute atomic E-state index is 0.239. The third-order valence-electron chi connectivity index (χ3n) is 1.72. The zero-order valence-corrected chi connectivity index (χ0v) is 7.73. The van der Waals surface area contributed by atoms with E-state index in [2.05, 4.69) is 0 Å². The van der Waals surface area contributed by atoms with E-state index in [1.165, 1.54) is 14.1 Å². The van der Waals surface area contributed by atoms with Gasteiger partial charge in [0.05, 0.1) is 0 Å². The molecule has 0 spiro atoms. The maximum atomic E-state index is 11.0. The molecule has 4 nitrogen and oxygen atoms in total. The Bertz CT molecular complexity index is 274. The molecule has 72 valence electrons. The van der Waals surface area contributed by atoms with E-state index in [0.717, 1.165) is 15.7 Å². The summed E-state index contributed by atoms with van der Waals surface area (Å²) in [5.74, 6) is 0. The molecule has 4 heteroatoms. The van der Waals surface area contributed by atoms with Crippen molar-refractivity contribution in [1.29, 1.82) is 0 Å². The van der Waals surface area contributed by atoms with Crippen LogP contribution in [0.2, 0.25) is 0 Å². The van der Waals surface area contributed by atoms with Gasteiger partial charge in [0.2, 0.25) is 0 Å². The summed E-state index contributed by atoms with van der Waals surface area (Å²) in [4.78, 5) is 0. The molecule has 0 saturated heterocycles. The maximum Gasteiger partial charge on any atom is 0.0302 e. The van der Waals surface area contributed by atoms with Crippen molar-refractivity contribution >= 4 is 5.69 Å². The summed E-state index contributed by atoms with van der Waals surface area (Å²) >= 11 is 0. The van der Waals surface area contributed by atoms with Gasteiger partial charge in [-0.25, -0.2) is 0 Å². The Balaban J connectivity index is 2.91. The van der Waals surface area contributed by atoms with Gasteiger partial charge in [0.25, 0.3) is 0 Å². The second kappa shape index (κ2) is 4.23. The normalized spacial score (nSPS) is 10.5. The largest absolute Gasteiger partial charge is 0.785 e. The van der Waals surface area contributed by atoms with Crippen molar-refractivity contribution in [1.82, 2.24) is 5.06 Å². The predicted octanol–water partition coefficient (Wildman–Crippen LogP) is 1.55. The van der Waals surface area contributed by atoms with Crippen LogP contribution < -0.4 is 5.06 Å². The zero-order valence-electron chi connectivity index (χ0n) is 7.73. The second-order valence-electron chi connectivity index (χ2n) is 2.91. The Morgan fingerprint density at radius 1 is 1.15 bits per heavy atom. The molecule has 0 bridgehead atoms. The van der Waals surface area contributed by atoms with Crippen LogP contribution in [0.15, 0.2) is 24.3 Å². The van der Waals surface area contributed by atoms with Crippen LogP contribution in [0.3, 0.4) is 0 Å². The number of rotatable bonds is 3. The lowest BCUT2D eigenvalue weighted by molar-refractivity contribution is 0.454. The SMILES string of the molecule is CN([O-])Cc1ccccc1N(C)[O-]. The molecule has 0 aliphatic heterocycles. The van der Waals surface area contributed by atoms with E-state index >= 15 is 0 Å². The lowest BCUT2D eigenvalue weighted by Crippen LogP contribution is -2.14. The Hall–Kier alpha value is -1.10. The first-order valence-corrected chi connectivity index (χ1v) is 3.98. The van der Waals surface area contributed by atoms with Crippen molar-refractivity contribution in [3.63, 3.8) is 0 Å². The Morgan fingerprint density at radius 3 is 2.31 bits per heavy atom. The number of hydrogen-bond acceptors (Lipinski definition) is 4. The third-order valence-corrected chi connectivity index (χ3v) is 1.72. The van der Waals surface area contributed by atoms with E-state index < -0.39 is 0 Å². The van der Waals surface area contributed by atoms with Gasteiger partial charge in [0, 0.05) is 12.2 Å². The van der Waals surface area contributed by atoms with E-state index in [0.29, 0.717) is 5.69 Å². The number of para-hydroxylation sites is 1. The van der Waals surface area contributed by atoms with E-state index in [4.69, 9.17) is 0 Å². The highest BCUT2D eigenvalue weighted by Crippen LogP contribution is 2.19. The minimum atomic E-state index is 0.239. The van der Waals surface area contributed by atoms with Crippen LogP contribution in [0.5, 0.6) is 0 Å². The average molecular weight is 180 g/mol. The third kappa shape index (κ3) is 2.69. The molecule has 1 aromatic rings. The summed E-state index contributed by atoms with van der Waals surface area (Å²) in [6, 6.07) is 7.06. The molecule has 0 radical (unpaired) electrons. The molecule has 0 fully saturated rings. The lowest BCUT2D eigenvalue weighted by atomic mass is 10.2. The molecule has 13 heavy (non-hydrogen) atoms. The van der Waals surface area contributed by atoms with Crippen LogP contribution in [0.25, 0.3) is 0 Å². The van der Waals surface area contributed by atoms with E-state index in [-0.39, 0.29) is 6.54 Å². The zero-order chi connectivity index (χ0) is 9.84. The number of anilines is 1. The molecule has 1 aromatic carbocycles. The topological polar surface area (TPSA) is 52.6 Å². The van der Waals surface area contributed by atoms with Gasteiger partial charge in [0.1, 0.15) is 0 Å². The van der Waals surface area contributed by atoms with Crippen LogP contribution >= 0.6 is 0 Å². The second-order valence-corrected chi connectivity index (χ2v) is 2.91. The van der Waals surface area contributed by atoms with Crippen LogP contribution in [-0.4, -0.2) is 19.2 Å². The van der Waals surface area contributed by atoms with Crippen molar-refractivity contribution < 1.29 is 0 Å². The maximum absolute atomic E-state index is 11.0. The van der Waals surface area contributed by atoms with Crippen LogP contribution in [0.1, 0.15) is 5.56 Å². The highest BCUT2D eigenvalue weighted by molar-refractivity contribution is 5.53. The summed E-state index contributed by atoms with van der Waals surface area (Å²) in [6.45, 7) is 0.239. The van der Waals surface area contributed by atoms with Crippen LogP contribution in [-0.2, 0) is 6.54 Å². The number of hydroxylamine groups is 3. The fraction of sp³-hybridized carbons (Fsp3) is 0.333. The Labute approximate surface area is 77.5 Å². The predicted molar refractivity (Wildman–Crippen MR) is 53.0 cm³/mol. The average Bonchev–Trinajstić information content (AvgIpc) is 2.03. The van der Waals surface area contributed by atoms with E-state index in [1.807, 2.05) is 6.07 Å². The molecule has 0 saturated carbocycles. The van der Waals surface area contributed by atoms with Gasteiger partial charge in [-0.15, -0.1) is 0 Å². The smallest absolute Gasteiger partial charge is 0.0302 e. The Morgan fingerprint density at radius 2 is 1.77 bits per heavy atom. The molecule has 0 atom stereocenters. The van der Waals surface area contributed by atoms with Gasteiger partial charge < -0.3 is 20.5 Å². The summed E-state index contributed by atoms with van der Waals surface area (Å²) in [5.41, 5.74) is 1.29. The van der Waals surface area contributed by atoms with E-state index in [1.54, 1.807) is 18.2 Å². The molecule has 1 rings (SSSR count). The molecule has 0 amide bonds. The van der Waals surface area contributed by atoms with E-state index in [9.17, 15) is 10.4 Å². The quantitative estimate of drug-likeness (QED) is 0.662. The van der Waals surface area contributed by atoms with Gasteiger partial charge in [-0.1, -0.05) is 18.2 Å². The van der Waals surface area contributed by atoms with Crippen molar-refractivity contribution in [2.24, 2.45) is 0 Å². The first-order chi connectivity index (χ1) is 6.11. The van der Waals surface area contributed by atoms with Gasteiger partial charge in [-0.05, 0) is 25.7 Å². The first-order valence-electron chi connectivity index (χ1n) is 3.98. The minimum Gasteiger partial charge on any atom is -0.785 e. The molecule has 0 aliphatic carbocycles. The van der Waals surface area contributed by atoms with Gasteiger partial charge >= 0.3 is 0 Å². The molecule has 0 heterocycles. The lowest BCUT2D eigenvalue weighted by Gasteiger charge is -2.30. The molecular weight excluding hydrogens is 168 g/mol. The van der Waals surface area contributed by atoms with Gasteiger partial charge in [0.15, 0.2) is 0 Å². The fourth-order valence-electron chi connectivity index (χ4n) is 1.19. The fourth-order valence-corrected chi connectivity index (χ4v) is 1.19. The number of nitrogens with zero attached hydrogens (tertiary/aromatic N) is 2. The standard InChI is InChI=1S/C9H12N2O2/c1-10(12)7-8-5-3-4-6-9(8)11(2)13/h3-6H,7H2,1-2H3/q-2. The molecular formula is C9H12N2O2-2. The van der Waals surface area contributed by atoms with Crippen molar-refractivity contribution in [3.05, 3.63) is 40.2 Å². The summed E-state index contributed by atoms with van der Waals surface area (Å²) in [5, 5.41) is 23.4. The van der Waals surface area contributed by atoms with Crippen LogP contribution in [0.4, 0.5) is 5.69 Å². The van der Waals surface area contributed by atoms with Gasteiger partial charge in [-0.2, -0.15) is 0 Å². The van der Waals surface area contributed by atoms with Crippen LogP contribution in [0, 0.1) is 10.4 Å². The molecule has 0 aliphatic rings. The first kappa shape index (κ1) is 9.98. The Kier molecular flexibility index (Phi) is 3.25. The monoisotopic (exact) mass is 180 g/mol. The highest BCUT2D eigenvalue weighted by atomic mass is 16.5. The summed E-state index contributed by atoms with van der Waals surface area (Å²) in [7, 11) is 2.85. The van der Waals surface area contributed by atoms with Gasteiger partial charge in [-0.3, -0.25) is 0 Å². The van der Waals surface area contributed by atoms with Crippen molar-refractivity contribution in [2.45, 2.75) is 6.54 Å². The molecule has 0 aromatic heterocycles.